The summed E-state index contributed by atoms with van der Waals surface area (Å²) < 4.78 is 1.24. The summed E-state index contributed by atoms with van der Waals surface area (Å²) in [5, 5.41) is 0. The highest BCUT2D eigenvalue weighted by Gasteiger charge is 2.25. The standard InChI is InChI=1S/C11H13Br/c1-7-6-11(12)8(2)5-10(7)9-3-4-9/h5-6,9H,3-4H2,1-2H3. The van der Waals surface area contributed by atoms with Gasteiger partial charge < -0.3 is 0 Å². The average Bonchev–Trinajstić information content (AvgIpc) is 2.79. The van der Waals surface area contributed by atoms with Crippen LogP contribution in [0, 0.1) is 13.8 Å². The van der Waals surface area contributed by atoms with Crippen molar-refractivity contribution < 1.29 is 0 Å². The maximum absolute atomic E-state index is 3.55. The van der Waals surface area contributed by atoms with E-state index in [2.05, 4.69) is 41.9 Å². The van der Waals surface area contributed by atoms with Gasteiger partial charge in [-0.2, -0.15) is 0 Å². The summed E-state index contributed by atoms with van der Waals surface area (Å²) in [6.07, 6.45) is 2.78. The lowest BCUT2D eigenvalue weighted by Gasteiger charge is -2.07. The molecule has 0 aliphatic heterocycles. The Morgan fingerprint density at radius 1 is 1.17 bits per heavy atom. The first-order valence-electron chi connectivity index (χ1n) is 4.45. The fourth-order valence-electron chi connectivity index (χ4n) is 1.64. The molecule has 0 bridgehead atoms. The Balaban J connectivity index is 2.47. The molecule has 1 heteroatoms. The summed E-state index contributed by atoms with van der Waals surface area (Å²) >= 11 is 3.55. The van der Waals surface area contributed by atoms with E-state index in [-0.39, 0.29) is 0 Å². The van der Waals surface area contributed by atoms with Crippen molar-refractivity contribution in [3.05, 3.63) is 33.3 Å². The SMILES string of the molecule is Cc1cc(C2CC2)c(C)cc1Br. The van der Waals surface area contributed by atoms with Gasteiger partial charge in [0, 0.05) is 4.47 Å². The number of halogens is 1. The molecular weight excluding hydrogens is 212 g/mol. The van der Waals surface area contributed by atoms with Crippen LogP contribution in [0.1, 0.15) is 35.4 Å². The molecule has 1 aromatic rings. The Morgan fingerprint density at radius 3 is 2.42 bits per heavy atom. The van der Waals surface area contributed by atoms with Crippen molar-refractivity contribution in [2.75, 3.05) is 0 Å². The van der Waals surface area contributed by atoms with Crippen molar-refractivity contribution in [3.63, 3.8) is 0 Å². The zero-order chi connectivity index (χ0) is 8.72. The van der Waals surface area contributed by atoms with Crippen molar-refractivity contribution in [2.45, 2.75) is 32.6 Å². The normalized spacial score (nSPS) is 16.6. The third-order valence-corrected chi connectivity index (χ3v) is 3.42. The van der Waals surface area contributed by atoms with Gasteiger partial charge >= 0.3 is 0 Å². The molecule has 64 valence electrons. The van der Waals surface area contributed by atoms with Gasteiger partial charge in [0.25, 0.3) is 0 Å². The van der Waals surface area contributed by atoms with E-state index in [1.54, 1.807) is 5.56 Å². The molecule has 1 aliphatic carbocycles. The first kappa shape index (κ1) is 8.31. The Hall–Kier alpha value is -0.300. The fourth-order valence-corrected chi connectivity index (χ4v) is 2.10. The average molecular weight is 225 g/mol. The van der Waals surface area contributed by atoms with E-state index in [0.29, 0.717) is 0 Å². The Labute approximate surface area is 82.1 Å². The van der Waals surface area contributed by atoms with E-state index in [9.17, 15) is 0 Å². The molecule has 1 aliphatic rings. The largest absolute Gasteiger partial charge is 0.0544 e. The summed E-state index contributed by atoms with van der Waals surface area (Å²) in [6.45, 7) is 4.37. The van der Waals surface area contributed by atoms with Crippen LogP contribution in [0.2, 0.25) is 0 Å². The monoisotopic (exact) mass is 224 g/mol. The van der Waals surface area contributed by atoms with Crippen molar-refractivity contribution in [1.82, 2.24) is 0 Å². The third kappa shape index (κ3) is 1.42. The van der Waals surface area contributed by atoms with Crippen LogP contribution in [0.5, 0.6) is 0 Å². The molecule has 0 aromatic heterocycles. The molecule has 1 fully saturated rings. The molecule has 12 heavy (non-hydrogen) atoms. The molecule has 0 spiro atoms. The minimum absolute atomic E-state index is 0.872. The Kier molecular flexibility index (Phi) is 1.99. The molecule has 1 saturated carbocycles. The lowest BCUT2D eigenvalue weighted by Crippen LogP contribution is -1.88. The maximum Gasteiger partial charge on any atom is 0.0207 e. The van der Waals surface area contributed by atoms with Crippen LogP contribution < -0.4 is 0 Å². The highest BCUT2D eigenvalue weighted by molar-refractivity contribution is 9.10. The molecule has 0 radical (unpaired) electrons. The second kappa shape index (κ2) is 2.88. The summed E-state index contributed by atoms with van der Waals surface area (Å²) in [4.78, 5) is 0. The van der Waals surface area contributed by atoms with E-state index in [1.807, 2.05) is 0 Å². The molecule has 0 nitrogen and oxygen atoms in total. The van der Waals surface area contributed by atoms with Crippen LogP contribution in [0.15, 0.2) is 16.6 Å². The predicted octanol–water partition coefficient (Wildman–Crippen LogP) is 3.94. The van der Waals surface area contributed by atoms with Gasteiger partial charge in [-0.15, -0.1) is 0 Å². The second-order valence-corrected chi connectivity index (χ2v) is 4.59. The third-order valence-electron chi connectivity index (χ3n) is 2.56. The summed E-state index contributed by atoms with van der Waals surface area (Å²) in [6, 6.07) is 4.57. The molecule has 0 atom stereocenters. The van der Waals surface area contributed by atoms with Crippen LogP contribution in [0.3, 0.4) is 0 Å². The van der Waals surface area contributed by atoms with Crippen LogP contribution in [-0.2, 0) is 0 Å². The van der Waals surface area contributed by atoms with Gasteiger partial charge in [0.15, 0.2) is 0 Å². The summed E-state index contributed by atoms with van der Waals surface area (Å²) in [7, 11) is 0. The molecular formula is C11H13Br. The molecule has 0 heterocycles. The fraction of sp³-hybridized carbons (Fsp3) is 0.455. The first-order chi connectivity index (χ1) is 5.68. The van der Waals surface area contributed by atoms with E-state index in [0.717, 1.165) is 5.92 Å². The zero-order valence-corrected chi connectivity index (χ0v) is 9.11. The van der Waals surface area contributed by atoms with Gasteiger partial charge in [-0.25, -0.2) is 0 Å². The van der Waals surface area contributed by atoms with Gasteiger partial charge in [-0.05, 0) is 55.4 Å². The van der Waals surface area contributed by atoms with Gasteiger partial charge in [-0.1, -0.05) is 22.0 Å². The van der Waals surface area contributed by atoms with E-state index >= 15 is 0 Å². The lowest BCUT2D eigenvalue weighted by atomic mass is 10.0. The van der Waals surface area contributed by atoms with Gasteiger partial charge in [0.2, 0.25) is 0 Å². The second-order valence-electron chi connectivity index (χ2n) is 3.73. The van der Waals surface area contributed by atoms with Crippen molar-refractivity contribution in [1.29, 1.82) is 0 Å². The van der Waals surface area contributed by atoms with Gasteiger partial charge in [0.1, 0.15) is 0 Å². The van der Waals surface area contributed by atoms with E-state index < -0.39 is 0 Å². The maximum atomic E-state index is 3.55. The Bertz CT molecular complexity index is 311. The highest BCUT2D eigenvalue weighted by atomic mass is 79.9. The van der Waals surface area contributed by atoms with Crippen molar-refractivity contribution in [3.8, 4) is 0 Å². The number of aryl methyl sites for hydroxylation is 2. The highest BCUT2D eigenvalue weighted by Crippen LogP contribution is 2.42. The van der Waals surface area contributed by atoms with Crippen molar-refractivity contribution in [2.24, 2.45) is 0 Å². The first-order valence-corrected chi connectivity index (χ1v) is 5.24. The zero-order valence-electron chi connectivity index (χ0n) is 7.52. The van der Waals surface area contributed by atoms with Crippen LogP contribution in [0.4, 0.5) is 0 Å². The quantitative estimate of drug-likeness (QED) is 0.678. The smallest absolute Gasteiger partial charge is 0.0207 e. The summed E-state index contributed by atoms with van der Waals surface area (Å²) in [5.41, 5.74) is 4.37. The van der Waals surface area contributed by atoms with Crippen LogP contribution in [0.25, 0.3) is 0 Å². The number of rotatable bonds is 1. The predicted molar refractivity (Wildman–Crippen MR) is 55.6 cm³/mol. The van der Waals surface area contributed by atoms with Crippen LogP contribution in [-0.4, -0.2) is 0 Å². The summed E-state index contributed by atoms with van der Waals surface area (Å²) in [5.74, 6) is 0.872. The number of hydrogen-bond donors (Lipinski definition) is 0. The molecule has 0 N–H and O–H groups in total. The number of benzene rings is 1. The lowest BCUT2D eigenvalue weighted by molar-refractivity contribution is 1.09. The van der Waals surface area contributed by atoms with Crippen LogP contribution >= 0.6 is 15.9 Å². The molecule has 0 unspecified atom stereocenters. The molecule has 2 rings (SSSR count). The topological polar surface area (TPSA) is 0 Å². The van der Waals surface area contributed by atoms with Gasteiger partial charge in [-0.3, -0.25) is 0 Å². The van der Waals surface area contributed by atoms with Gasteiger partial charge in [0.05, 0.1) is 0 Å². The van der Waals surface area contributed by atoms with Crippen molar-refractivity contribution >= 4 is 15.9 Å². The van der Waals surface area contributed by atoms with E-state index in [4.69, 9.17) is 0 Å². The Morgan fingerprint density at radius 2 is 1.83 bits per heavy atom. The van der Waals surface area contributed by atoms with E-state index in [1.165, 1.54) is 28.4 Å². The number of hydrogen-bond acceptors (Lipinski definition) is 0. The molecule has 1 aromatic carbocycles. The minimum atomic E-state index is 0.872. The molecule has 0 amide bonds. The molecule has 0 saturated heterocycles. The minimum Gasteiger partial charge on any atom is -0.0544 e.